The third-order valence-electron chi connectivity index (χ3n) is 3.90. The van der Waals surface area contributed by atoms with E-state index < -0.39 is 0 Å². The molecular weight excluding hydrogens is 140 g/mol. The van der Waals surface area contributed by atoms with Crippen LogP contribution in [0.2, 0.25) is 0 Å². The highest BCUT2D eigenvalue weighted by Crippen LogP contribution is 2.57. The van der Waals surface area contributed by atoms with E-state index in [0.29, 0.717) is 17.9 Å². The van der Waals surface area contributed by atoms with Gasteiger partial charge in [0.05, 0.1) is 5.92 Å². The molecule has 0 N–H and O–H groups in total. The van der Waals surface area contributed by atoms with Crippen LogP contribution in [0, 0.1) is 23.7 Å². The highest BCUT2D eigenvalue weighted by molar-refractivity contribution is 5.76. The Balaban J connectivity index is 2.05. The summed E-state index contributed by atoms with van der Waals surface area (Å²) in [6.45, 7) is 2.21. The smallest absolute Gasteiger partial charge is 0.309 e. The highest BCUT2D eigenvalue weighted by atomic mass is 16.6. The summed E-state index contributed by atoms with van der Waals surface area (Å²) in [5.74, 6) is 2.36. The van der Waals surface area contributed by atoms with Crippen LogP contribution in [0.25, 0.3) is 0 Å². The topological polar surface area (TPSA) is 26.3 Å². The lowest BCUT2D eigenvalue weighted by molar-refractivity contribution is -0.143. The first-order valence-electron chi connectivity index (χ1n) is 4.48. The van der Waals surface area contributed by atoms with E-state index in [0.717, 1.165) is 12.3 Å². The number of ether oxygens (including phenoxy) is 1. The molecule has 0 aromatic heterocycles. The molecule has 3 rings (SSSR count). The SMILES string of the molecule is C[C@@H]1C2CC3OC(=O)C1C3C2. The average molecular weight is 152 g/mol. The largest absolute Gasteiger partial charge is 0.462 e. The van der Waals surface area contributed by atoms with Crippen molar-refractivity contribution in [1.82, 2.24) is 0 Å². The van der Waals surface area contributed by atoms with E-state index in [-0.39, 0.29) is 11.9 Å². The number of hydrogen-bond donors (Lipinski definition) is 0. The van der Waals surface area contributed by atoms with Crippen LogP contribution in [-0.2, 0) is 9.53 Å². The second-order valence-electron chi connectivity index (χ2n) is 4.26. The molecule has 1 heterocycles. The van der Waals surface area contributed by atoms with Gasteiger partial charge < -0.3 is 4.74 Å². The summed E-state index contributed by atoms with van der Waals surface area (Å²) in [7, 11) is 0. The van der Waals surface area contributed by atoms with E-state index in [2.05, 4.69) is 6.92 Å². The Hall–Kier alpha value is -0.530. The van der Waals surface area contributed by atoms with E-state index in [1.807, 2.05) is 0 Å². The van der Waals surface area contributed by atoms with E-state index in [9.17, 15) is 4.79 Å². The van der Waals surface area contributed by atoms with Crippen molar-refractivity contribution in [2.45, 2.75) is 25.9 Å². The van der Waals surface area contributed by atoms with Gasteiger partial charge in [0.2, 0.25) is 0 Å². The summed E-state index contributed by atoms with van der Waals surface area (Å²) >= 11 is 0. The highest BCUT2D eigenvalue weighted by Gasteiger charge is 2.60. The monoisotopic (exact) mass is 152 g/mol. The quantitative estimate of drug-likeness (QED) is 0.487. The molecule has 5 atom stereocenters. The predicted octanol–water partition coefficient (Wildman–Crippen LogP) is 1.20. The standard InChI is InChI=1S/C9H12O2/c1-4-5-2-6-7(3-5)11-9(10)8(4)6/h4-8H,2-3H2,1H3/t4-,5?,6?,7?,8?/m1/s1. The van der Waals surface area contributed by atoms with Gasteiger partial charge in [-0.15, -0.1) is 0 Å². The number of esters is 1. The van der Waals surface area contributed by atoms with Gasteiger partial charge in [0, 0.05) is 5.92 Å². The summed E-state index contributed by atoms with van der Waals surface area (Å²) in [6, 6.07) is 0. The van der Waals surface area contributed by atoms with E-state index in [1.165, 1.54) is 6.42 Å². The summed E-state index contributed by atoms with van der Waals surface area (Å²) in [5.41, 5.74) is 0. The minimum atomic E-state index is 0.0903. The molecule has 0 radical (unpaired) electrons. The second-order valence-corrected chi connectivity index (χ2v) is 4.26. The average Bonchev–Trinajstić information content (AvgIpc) is 2.47. The Bertz CT molecular complexity index is 222. The molecule has 0 aromatic rings. The lowest BCUT2D eigenvalue weighted by Crippen LogP contribution is -2.23. The van der Waals surface area contributed by atoms with Crippen LogP contribution in [0.5, 0.6) is 0 Å². The second kappa shape index (κ2) is 1.62. The normalized spacial score (nSPS) is 58.6. The molecular formula is C9H12O2. The molecule has 2 heteroatoms. The van der Waals surface area contributed by atoms with E-state index >= 15 is 0 Å². The molecule has 0 aromatic carbocycles. The summed E-state index contributed by atoms with van der Waals surface area (Å²) in [4.78, 5) is 11.3. The van der Waals surface area contributed by atoms with Gasteiger partial charge in [-0.2, -0.15) is 0 Å². The van der Waals surface area contributed by atoms with Crippen molar-refractivity contribution >= 4 is 5.97 Å². The fourth-order valence-corrected chi connectivity index (χ4v) is 3.31. The van der Waals surface area contributed by atoms with Crippen molar-refractivity contribution in [3.8, 4) is 0 Å². The van der Waals surface area contributed by atoms with Crippen molar-refractivity contribution in [1.29, 1.82) is 0 Å². The number of carbonyl (C=O) groups is 1. The predicted molar refractivity (Wildman–Crippen MR) is 38.7 cm³/mol. The molecule has 0 spiro atoms. The molecule has 0 amide bonds. The van der Waals surface area contributed by atoms with Gasteiger partial charge in [0.25, 0.3) is 0 Å². The van der Waals surface area contributed by atoms with Crippen LogP contribution in [-0.4, -0.2) is 12.1 Å². The molecule has 4 unspecified atom stereocenters. The molecule has 3 fully saturated rings. The van der Waals surface area contributed by atoms with Crippen LogP contribution in [0.15, 0.2) is 0 Å². The zero-order chi connectivity index (χ0) is 7.59. The van der Waals surface area contributed by atoms with Gasteiger partial charge in [0.15, 0.2) is 0 Å². The molecule has 2 bridgehead atoms. The fourth-order valence-electron chi connectivity index (χ4n) is 3.31. The van der Waals surface area contributed by atoms with Crippen LogP contribution in [0.3, 0.4) is 0 Å². The summed E-state index contributed by atoms with van der Waals surface area (Å²) in [6.07, 6.45) is 2.71. The van der Waals surface area contributed by atoms with Gasteiger partial charge in [-0.25, -0.2) is 0 Å². The minimum Gasteiger partial charge on any atom is -0.462 e. The Morgan fingerprint density at radius 1 is 1.45 bits per heavy atom. The van der Waals surface area contributed by atoms with Crippen LogP contribution < -0.4 is 0 Å². The van der Waals surface area contributed by atoms with Crippen molar-refractivity contribution in [3.63, 3.8) is 0 Å². The van der Waals surface area contributed by atoms with E-state index in [1.54, 1.807) is 0 Å². The van der Waals surface area contributed by atoms with Crippen molar-refractivity contribution in [2.24, 2.45) is 23.7 Å². The Morgan fingerprint density at radius 2 is 2.27 bits per heavy atom. The fraction of sp³-hybridized carbons (Fsp3) is 0.889. The Kier molecular flexibility index (Phi) is 0.890. The molecule has 1 aliphatic heterocycles. The third kappa shape index (κ3) is 0.534. The number of fused-ring (bicyclic) bond motifs is 1. The lowest BCUT2D eigenvalue weighted by atomic mass is 9.81. The number of hydrogen-bond acceptors (Lipinski definition) is 2. The molecule has 2 saturated carbocycles. The summed E-state index contributed by atoms with van der Waals surface area (Å²) < 4.78 is 5.27. The lowest BCUT2D eigenvalue weighted by Gasteiger charge is -2.19. The minimum absolute atomic E-state index is 0.0903. The Morgan fingerprint density at radius 3 is 2.91 bits per heavy atom. The molecule has 2 nitrogen and oxygen atoms in total. The van der Waals surface area contributed by atoms with Crippen molar-refractivity contribution in [2.75, 3.05) is 0 Å². The van der Waals surface area contributed by atoms with Crippen LogP contribution in [0.1, 0.15) is 19.8 Å². The van der Waals surface area contributed by atoms with Gasteiger partial charge in [0.1, 0.15) is 6.10 Å². The molecule has 60 valence electrons. The maximum Gasteiger partial charge on any atom is 0.309 e. The van der Waals surface area contributed by atoms with Crippen LogP contribution >= 0.6 is 0 Å². The maximum absolute atomic E-state index is 11.3. The first kappa shape index (κ1) is 6.04. The number of carbonyl (C=O) groups excluding carboxylic acids is 1. The number of rotatable bonds is 0. The molecule has 2 aliphatic carbocycles. The third-order valence-corrected chi connectivity index (χ3v) is 3.90. The first-order valence-corrected chi connectivity index (χ1v) is 4.48. The molecule has 3 aliphatic rings. The van der Waals surface area contributed by atoms with Crippen molar-refractivity contribution < 1.29 is 9.53 Å². The molecule has 1 saturated heterocycles. The first-order chi connectivity index (χ1) is 5.27. The van der Waals surface area contributed by atoms with Gasteiger partial charge in [-0.1, -0.05) is 6.92 Å². The van der Waals surface area contributed by atoms with Gasteiger partial charge in [-0.3, -0.25) is 4.79 Å². The van der Waals surface area contributed by atoms with E-state index in [4.69, 9.17) is 4.74 Å². The zero-order valence-electron chi connectivity index (χ0n) is 6.62. The van der Waals surface area contributed by atoms with Gasteiger partial charge in [-0.05, 0) is 24.7 Å². The summed E-state index contributed by atoms with van der Waals surface area (Å²) in [5, 5.41) is 0. The maximum atomic E-state index is 11.3. The van der Waals surface area contributed by atoms with Crippen LogP contribution in [0.4, 0.5) is 0 Å². The van der Waals surface area contributed by atoms with Crippen molar-refractivity contribution in [3.05, 3.63) is 0 Å². The Labute approximate surface area is 65.9 Å². The molecule has 11 heavy (non-hydrogen) atoms. The zero-order valence-corrected chi connectivity index (χ0v) is 6.62. The van der Waals surface area contributed by atoms with Gasteiger partial charge >= 0.3 is 5.97 Å².